The molecule has 18 heavy (non-hydrogen) atoms. The topological polar surface area (TPSA) is 15.3 Å². The van der Waals surface area contributed by atoms with Gasteiger partial charge in [-0.2, -0.15) is 0 Å². The zero-order chi connectivity index (χ0) is 13.0. The fraction of sp³-hybridized carbons (Fsp3) is 1.00. The van der Waals surface area contributed by atoms with Gasteiger partial charge in [0.2, 0.25) is 0 Å². The summed E-state index contributed by atoms with van der Waals surface area (Å²) in [4.78, 5) is 2.74. The molecule has 0 aromatic carbocycles. The Morgan fingerprint density at radius 2 is 1.83 bits per heavy atom. The van der Waals surface area contributed by atoms with E-state index in [1.54, 1.807) is 0 Å². The van der Waals surface area contributed by atoms with E-state index in [2.05, 4.69) is 31.0 Å². The van der Waals surface area contributed by atoms with E-state index in [9.17, 15) is 0 Å². The van der Waals surface area contributed by atoms with Crippen LogP contribution in [0.2, 0.25) is 0 Å². The number of rotatable bonds is 7. The summed E-state index contributed by atoms with van der Waals surface area (Å²) in [5, 5.41) is 3.74. The van der Waals surface area contributed by atoms with Gasteiger partial charge in [0.15, 0.2) is 0 Å². The molecular weight excluding hydrogens is 220 g/mol. The maximum Gasteiger partial charge on any atom is 0.0108 e. The van der Waals surface area contributed by atoms with Gasteiger partial charge in [-0.3, -0.25) is 0 Å². The van der Waals surface area contributed by atoms with E-state index in [4.69, 9.17) is 0 Å². The molecule has 0 aliphatic heterocycles. The van der Waals surface area contributed by atoms with E-state index < -0.39 is 0 Å². The minimum Gasteiger partial charge on any atom is -0.314 e. The average Bonchev–Trinajstić information content (AvgIpc) is 3.22. The summed E-state index contributed by atoms with van der Waals surface area (Å²) in [6.45, 7) is 10.7. The van der Waals surface area contributed by atoms with Gasteiger partial charge < -0.3 is 10.2 Å². The van der Waals surface area contributed by atoms with E-state index >= 15 is 0 Å². The van der Waals surface area contributed by atoms with Gasteiger partial charge in [0.05, 0.1) is 0 Å². The second-order valence-corrected chi connectivity index (χ2v) is 6.33. The molecule has 0 bridgehead atoms. The van der Waals surface area contributed by atoms with Gasteiger partial charge in [-0.15, -0.1) is 0 Å². The quantitative estimate of drug-likeness (QED) is 0.748. The van der Waals surface area contributed by atoms with Crippen molar-refractivity contribution in [2.75, 3.05) is 19.6 Å². The van der Waals surface area contributed by atoms with Gasteiger partial charge in [-0.25, -0.2) is 0 Å². The first-order valence-electron chi connectivity index (χ1n) is 8.25. The number of hydrogen-bond acceptors (Lipinski definition) is 2. The Morgan fingerprint density at radius 3 is 2.39 bits per heavy atom. The van der Waals surface area contributed by atoms with Crippen LogP contribution in [0.4, 0.5) is 0 Å². The average molecular weight is 252 g/mol. The fourth-order valence-corrected chi connectivity index (χ4v) is 3.74. The van der Waals surface area contributed by atoms with Crippen molar-refractivity contribution in [1.29, 1.82) is 0 Å². The SMILES string of the molecule is CCNC1CCC(CC)CC1CN(CC)C1CC1. The molecule has 0 saturated heterocycles. The highest BCUT2D eigenvalue weighted by Gasteiger charge is 2.34. The molecule has 0 radical (unpaired) electrons. The molecule has 2 fully saturated rings. The highest BCUT2D eigenvalue weighted by Crippen LogP contribution is 2.34. The van der Waals surface area contributed by atoms with Crippen LogP contribution in [0.1, 0.15) is 59.3 Å². The molecule has 2 saturated carbocycles. The highest BCUT2D eigenvalue weighted by atomic mass is 15.2. The molecule has 0 heterocycles. The van der Waals surface area contributed by atoms with Crippen molar-refractivity contribution in [3.8, 4) is 0 Å². The summed E-state index contributed by atoms with van der Waals surface area (Å²) in [5.41, 5.74) is 0. The summed E-state index contributed by atoms with van der Waals surface area (Å²) in [6, 6.07) is 1.71. The van der Waals surface area contributed by atoms with Crippen LogP contribution in [-0.4, -0.2) is 36.6 Å². The Balaban J connectivity index is 1.90. The predicted octanol–water partition coefficient (Wildman–Crippen LogP) is 3.28. The minimum atomic E-state index is 0.783. The van der Waals surface area contributed by atoms with Gasteiger partial charge >= 0.3 is 0 Å². The van der Waals surface area contributed by atoms with Gasteiger partial charge in [0.1, 0.15) is 0 Å². The lowest BCUT2D eigenvalue weighted by molar-refractivity contribution is 0.137. The van der Waals surface area contributed by atoms with Crippen molar-refractivity contribution in [1.82, 2.24) is 10.2 Å². The summed E-state index contributed by atoms with van der Waals surface area (Å²) < 4.78 is 0. The normalized spacial score (nSPS) is 33.0. The first-order valence-corrected chi connectivity index (χ1v) is 8.25. The standard InChI is InChI=1S/C16H32N2/c1-4-13-7-10-16(17-5-2)14(11-13)12-18(6-3)15-8-9-15/h13-17H,4-12H2,1-3H3. The van der Waals surface area contributed by atoms with Crippen LogP contribution in [0, 0.1) is 11.8 Å². The molecular formula is C16H32N2. The zero-order valence-corrected chi connectivity index (χ0v) is 12.6. The fourth-order valence-electron chi connectivity index (χ4n) is 3.74. The Kier molecular flexibility index (Phi) is 5.50. The molecule has 106 valence electrons. The zero-order valence-electron chi connectivity index (χ0n) is 12.6. The lowest BCUT2D eigenvalue weighted by atomic mass is 9.76. The minimum absolute atomic E-state index is 0.783. The molecule has 0 aromatic heterocycles. The van der Waals surface area contributed by atoms with Crippen molar-refractivity contribution >= 4 is 0 Å². The van der Waals surface area contributed by atoms with Gasteiger partial charge in [0.25, 0.3) is 0 Å². The number of hydrogen-bond donors (Lipinski definition) is 1. The van der Waals surface area contributed by atoms with Crippen LogP contribution < -0.4 is 5.32 Å². The molecule has 2 nitrogen and oxygen atoms in total. The molecule has 2 heteroatoms. The van der Waals surface area contributed by atoms with Gasteiger partial charge in [-0.1, -0.05) is 27.2 Å². The van der Waals surface area contributed by atoms with Crippen molar-refractivity contribution in [2.45, 2.75) is 71.4 Å². The van der Waals surface area contributed by atoms with Crippen LogP contribution in [-0.2, 0) is 0 Å². The van der Waals surface area contributed by atoms with Crippen LogP contribution in [0.15, 0.2) is 0 Å². The molecule has 0 amide bonds. The molecule has 0 aromatic rings. The second kappa shape index (κ2) is 6.91. The van der Waals surface area contributed by atoms with Crippen molar-refractivity contribution in [3.05, 3.63) is 0 Å². The van der Waals surface area contributed by atoms with Crippen molar-refractivity contribution in [3.63, 3.8) is 0 Å². The predicted molar refractivity (Wildman–Crippen MR) is 78.9 cm³/mol. The highest BCUT2D eigenvalue weighted by molar-refractivity contribution is 4.90. The van der Waals surface area contributed by atoms with Crippen LogP contribution in [0.25, 0.3) is 0 Å². The monoisotopic (exact) mass is 252 g/mol. The van der Waals surface area contributed by atoms with Crippen LogP contribution >= 0.6 is 0 Å². The second-order valence-electron chi connectivity index (χ2n) is 6.33. The van der Waals surface area contributed by atoms with E-state index in [1.165, 1.54) is 51.6 Å². The molecule has 1 N–H and O–H groups in total. The Labute approximate surface area is 114 Å². The van der Waals surface area contributed by atoms with Crippen LogP contribution in [0.3, 0.4) is 0 Å². The molecule has 2 aliphatic carbocycles. The molecule has 3 atom stereocenters. The largest absolute Gasteiger partial charge is 0.314 e. The van der Waals surface area contributed by atoms with E-state index in [-0.39, 0.29) is 0 Å². The summed E-state index contributed by atoms with van der Waals surface area (Å²) in [6.07, 6.45) is 8.58. The number of nitrogens with one attached hydrogen (secondary N) is 1. The van der Waals surface area contributed by atoms with E-state index in [1.807, 2.05) is 0 Å². The van der Waals surface area contributed by atoms with E-state index in [0.29, 0.717) is 0 Å². The first kappa shape index (κ1) is 14.3. The molecule has 0 spiro atoms. The van der Waals surface area contributed by atoms with Crippen molar-refractivity contribution in [2.24, 2.45) is 11.8 Å². The molecule has 2 rings (SSSR count). The smallest absolute Gasteiger partial charge is 0.0108 e. The third kappa shape index (κ3) is 3.71. The van der Waals surface area contributed by atoms with Crippen LogP contribution in [0.5, 0.6) is 0 Å². The third-order valence-electron chi connectivity index (χ3n) is 5.07. The number of nitrogens with zero attached hydrogens (tertiary/aromatic N) is 1. The van der Waals surface area contributed by atoms with Gasteiger partial charge in [0, 0.05) is 18.6 Å². The molecule has 2 aliphatic rings. The lowest BCUT2D eigenvalue weighted by Crippen LogP contribution is -2.46. The third-order valence-corrected chi connectivity index (χ3v) is 5.07. The van der Waals surface area contributed by atoms with E-state index in [0.717, 1.165) is 30.5 Å². The maximum atomic E-state index is 3.74. The maximum absolute atomic E-state index is 3.74. The Morgan fingerprint density at radius 1 is 1.06 bits per heavy atom. The summed E-state index contributed by atoms with van der Waals surface area (Å²) >= 11 is 0. The first-order chi connectivity index (χ1) is 8.78. The molecule has 3 unspecified atom stereocenters. The summed E-state index contributed by atoms with van der Waals surface area (Å²) in [7, 11) is 0. The van der Waals surface area contributed by atoms with Crippen molar-refractivity contribution < 1.29 is 0 Å². The Hall–Kier alpha value is -0.0800. The lowest BCUT2D eigenvalue weighted by Gasteiger charge is -2.39. The summed E-state index contributed by atoms with van der Waals surface area (Å²) in [5.74, 6) is 1.88. The Bertz CT molecular complexity index is 237. The van der Waals surface area contributed by atoms with Gasteiger partial charge in [-0.05, 0) is 57.0 Å².